The predicted molar refractivity (Wildman–Crippen MR) is 91.9 cm³/mol. The van der Waals surface area contributed by atoms with E-state index >= 15 is 0 Å². The Kier molecular flexibility index (Phi) is 5.84. The second-order valence-corrected chi connectivity index (χ2v) is 5.93. The van der Waals surface area contributed by atoms with Crippen LogP contribution in [-0.2, 0) is 6.42 Å². The number of aryl methyl sites for hydroxylation is 1. The van der Waals surface area contributed by atoms with Crippen molar-refractivity contribution in [1.82, 2.24) is 5.32 Å². The molecule has 0 radical (unpaired) electrons. The topological polar surface area (TPSA) is 12.0 Å². The minimum absolute atomic E-state index is 0.304. The van der Waals surface area contributed by atoms with Gasteiger partial charge in [0, 0.05) is 17.1 Å². The molecule has 112 valence electrons. The van der Waals surface area contributed by atoms with Gasteiger partial charge in [-0.1, -0.05) is 61.8 Å². The highest BCUT2D eigenvalue weighted by molar-refractivity contribution is 6.30. The molecule has 0 aromatic heterocycles. The van der Waals surface area contributed by atoms with Gasteiger partial charge in [0.25, 0.3) is 0 Å². The lowest BCUT2D eigenvalue weighted by Crippen LogP contribution is -2.24. The number of nitrogens with one attached hydrogen (secondary N) is 1. The van der Waals surface area contributed by atoms with E-state index in [2.05, 4.69) is 62.5 Å². The van der Waals surface area contributed by atoms with E-state index in [4.69, 9.17) is 11.6 Å². The first kappa shape index (κ1) is 16.1. The molecule has 2 atom stereocenters. The fourth-order valence-electron chi connectivity index (χ4n) is 2.58. The van der Waals surface area contributed by atoms with E-state index in [0.29, 0.717) is 12.1 Å². The van der Waals surface area contributed by atoms with E-state index in [-0.39, 0.29) is 0 Å². The van der Waals surface area contributed by atoms with E-state index in [1.165, 1.54) is 16.7 Å². The quantitative estimate of drug-likeness (QED) is 0.721. The maximum absolute atomic E-state index is 5.95. The Morgan fingerprint density at radius 2 is 1.48 bits per heavy atom. The van der Waals surface area contributed by atoms with Gasteiger partial charge in [0.1, 0.15) is 0 Å². The summed E-state index contributed by atoms with van der Waals surface area (Å²) in [5, 5.41) is 4.50. The van der Waals surface area contributed by atoms with Gasteiger partial charge < -0.3 is 5.32 Å². The fourth-order valence-corrected chi connectivity index (χ4v) is 2.71. The molecule has 0 saturated carbocycles. The Hall–Kier alpha value is -1.31. The first-order valence-corrected chi connectivity index (χ1v) is 8.12. The molecule has 0 saturated heterocycles. The Morgan fingerprint density at radius 3 is 2.00 bits per heavy atom. The number of hydrogen-bond acceptors (Lipinski definition) is 1. The summed E-state index contributed by atoms with van der Waals surface area (Å²) in [4.78, 5) is 0. The van der Waals surface area contributed by atoms with Crippen molar-refractivity contribution in [3.05, 3.63) is 70.2 Å². The van der Waals surface area contributed by atoms with Crippen LogP contribution >= 0.6 is 11.6 Å². The molecule has 0 aliphatic rings. The molecule has 2 aromatic carbocycles. The zero-order valence-electron chi connectivity index (χ0n) is 13.1. The molecule has 2 rings (SSSR count). The van der Waals surface area contributed by atoms with Crippen LogP contribution in [0.3, 0.4) is 0 Å². The van der Waals surface area contributed by atoms with Crippen molar-refractivity contribution in [2.45, 2.75) is 45.7 Å². The third kappa shape index (κ3) is 4.33. The maximum Gasteiger partial charge on any atom is 0.0406 e. The molecular formula is C19H24ClN. The van der Waals surface area contributed by atoms with Gasteiger partial charge in [0.15, 0.2) is 0 Å². The van der Waals surface area contributed by atoms with Gasteiger partial charge in [-0.3, -0.25) is 0 Å². The van der Waals surface area contributed by atoms with Gasteiger partial charge in [0.2, 0.25) is 0 Å². The van der Waals surface area contributed by atoms with Gasteiger partial charge in [-0.05, 0) is 48.6 Å². The monoisotopic (exact) mass is 301 g/mol. The molecule has 0 fully saturated rings. The first-order valence-electron chi connectivity index (χ1n) is 7.74. The molecule has 2 aromatic rings. The second kappa shape index (κ2) is 7.63. The minimum Gasteiger partial charge on any atom is -0.303 e. The molecule has 0 bridgehead atoms. The van der Waals surface area contributed by atoms with Crippen molar-refractivity contribution < 1.29 is 0 Å². The zero-order valence-corrected chi connectivity index (χ0v) is 13.8. The van der Waals surface area contributed by atoms with Crippen LogP contribution in [0.2, 0.25) is 5.02 Å². The van der Waals surface area contributed by atoms with E-state index in [1.54, 1.807) is 0 Å². The molecule has 0 aliphatic carbocycles. The highest BCUT2D eigenvalue weighted by Gasteiger charge is 2.13. The van der Waals surface area contributed by atoms with Gasteiger partial charge in [-0.2, -0.15) is 0 Å². The van der Waals surface area contributed by atoms with Crippen LogP contribution in [0.4, 0.5) is 0 Å². The largest absolute Gasteiger partial charge is 0.303 e. The van der Waals surface area contributed by atoms with Crippen molar-refractivity contribution >= 4 is 11.6 Å². The molecule has 1 nitrogen and oxygen atoms in total. The van der Waals surface area contributed by atoms with Gasteiger partial charge in [-0.25, -0.2) is 0 Å². The highest BCUT2D eigenvalue weighted by Crippen LogP contribution is 2.23. The lowest BCUT2D eigenvalue weighted by molar-refractivity contribution is 0.456. The zero-order chi connectivity index (χ0) is 15.2. The van der Waals surface area contributed by atoms with Crippen LogP contribution < -0.4 is 5.32 Å². The van der Waals surface area contributed by atoms with Crippen molar-refractivity contribution in [2.24, 2.45) is 0 Å². The summed E-state index contributed by atoms with van der Waals surface area (Å²) >= 11 is 5.95. The van der Waals surface area contributed by atoms with E-state index in [9.17, 15) is 0 Å². The van der Waals surface area contributed by atoms with Crippen LogP contribution in [-0.4, -0.2) is 0 Å². The molecule has 0 heterocycles. The van der Waals surface area contributed by atoms with Gasteiger partial charge >= 0.3 is 0 Å². The predicted octanol–water partition coefficient (Wildman–Crippen LogP) is 5.70. The number of benzene rings is 2. The lowest BCUT2D eigenvalue weighted by Gasteiger charge is -2.23. The van der Waals surface area contributed by atoms with E-state index < -0.39 is 0 Å². The summed E-state index contributed by atoms with van der Waals surface area (Å²) in [6, 6.07) is 17.7. The molecule has 2 heteroatoms. The number of halogens is 1. The van der Waals surface area contributed by atoms with Crippen molar-refractivity contribution in [3.63, 3.8) is 0 Å². The van der Waals surface area contributed by atoms with Crippen molar-refractivity contribution in [3.8, 4) is 0 Å². The molecule has 1 N–H and O–H groups in total. The maximum atomic E-state index is 5.95. The fraction of sp³-hybridized carbons (Fsp3) is 0.368. The van der Waals surface area contributed by atoms with Crippen LogP contribution in [0.5, 0.6) is 0 Å². The minimum atomic E-state index is 0.304. The van der Waals surface area contributed by atoms with Crippen LogP contribution in [0.25, 0.3) is 0 Å². The van der Waals surface area contributed by atoms with E-state index in [0.717, 1.165) is 17.9 Å². The third-order valence-electron chi connectivity index (χ3n) is 4.02. The lowest BCUT2D eigenvalue weighted by atomic mass is 9.99. The standard InChI is InChI=1S/C19H24ClN/c1-4-15-6-8-17(9-7-15)19(5-2)21-14(3)16-10-12-18(20)13-11-16/h6-14,19,21H,4-5H2,1-3H3/t14-,19?/m0/s1. The van der Waals surface area contributed by atoms with E-state index in [1.807, 2.05) is 12.1 Å². The molecule has 1 unspecified atom stereocenters. The SMILES string of the molecule is CCc1ccc(C(CC)N[C@@H](C)c2ccc(Cl)cc2)cc1. The Bertz CT molecular complexity index is 545. The summed E-state index contributed by atoms with van der Waals surface area (Å²) in [5.41, 5.74) is 4.01. The van der Waals surface area contributed by atoms with Crippen molar-refractivity contribution in [1.29, 1.82) is 0 Å². The van der Waals surface area contributed by atoms with Crippen LogP contribution in [0.15, 0.2) is 48.5 Å². The highest BCUT2D eigenvalue weighted by atomic mass is 35.5. The summed E-state index contributed by atoms with van der Waals surface area (Å²) in [6.07, 6.45) is 2.16. The number of hydrogen-bond donors (Lipinski definition) is 1. The van der Waals surface area contributed by atoms with Gasteiger partial charge in [-0.15, -0.1) is 0 Å². The molecule has 0 amide bonds. The Labute approximate surface area is 133 Å². The third-order valence-corrected chi connectivity index (χ3v) is 4.27. The average Bonchev–Trinajstić information content (AvgIpc) is 2.53. The first-order chi connectivity index (χ1) is 10.1. The molecule has 21 heavy (non-hydrogen) atoms. The normalized spacial score (nSPS) is 13.9. The van der Waals surface area contributed by atoms with Crippen LogP contribution in [0.1, 0.15) is 56.0 Å². The van der Waals surface area contributed by atoms with Crippen LogP contribution in [0, 0.1) is 0 Å². The second-order valence-electron chi connectivity index (χ2n) is 5.50. The summed E-state index contributed by atoms with van der Waals surface area (Å²) in [7, 11) is 0. The molecular weight excluding hydrogens is 278 g/mol. The number of rotatable bonds is 6. The van der Waals surface area contributed by atoms with Gasteiger partial charge in [0.05, 0.1) is 0 Å². The molecule has 0 aliphatic heterocycles. The Balaban J connectivity index is 2.08. The van der Waals surface area contributed by atoms with Crippen molar-refractivity contribution in [2.75, 3.05) is 0 Å². The average molecular weight is 302 g/mol. The summed E-state index contributed by atoms with van der Waals surface area (Å²) < 4.78 is 0. The summed E-state index contributed by atoms with van der Waals surface area (Å²) in [5.74, 6) is 0. The smallest absolute Gasteiger partial charge is 0.0406 e. The Morgan fingerprint density at radius 1 is 0.905 bits per heavy atom. The summed E-state index contributed by atoms with van der Waals surface area (Å²) in [6.45, 7) is 6.61. The molecule has 0 spiro atoms.